The number of hydrogen-bond acceptors (Lipinski definition) is 6. The smallest absolute Gasteiger partial charge is 0.0715 e. The van der Waals surface area contributed by atoms with Gasteiger partial charge in [-0.25, -0.2) is 0 Å². The first kappa shape index (κ1) is 30.8. The molecule has 4 atom stereocenters. The molecule has 2 aliphatic heterocycles. The maximum Gasteiger partial charge on any atom is 0.0715 e. The highest BCUT2D eigenvalue weighted by molar-refractivity contribution is 5.86. The molecule has 0 aromatic carbocycles. The molecule has 0 spiro atoms. The van der Waals surface area contributed by atoms with E-state index in [2.05, 4.69) is 9.80 Å². The van der Waals surface area contributed by atoms with E-state index in [-0.39, 0.29) is 73.9 Å². The second-order valence-corrected chi connectivity index (χ2v) is 5.56. The summed E-state index contributed by atoms with van der Waals surface area (Å²) in [6.45, 7) is 3.58. The van der Waals surface area contributed by atoms with E-state index < -0.39 is 0 Å². The van der Waals surface area contributed by atoms with Crippen molar-refractivity contribution >= 4 is 49.6 Å². The largest absolute Gasteiger partial charge is 0.391 e. The van der Waals surface area contributed by atoms with Crippen LogP contribution >= 0.6 is 49.6 Å². The zero-order valence-corrected chi connectivity index (χ0v) is 16.4. The van der Waals surface area contributed by atoms with Crippen molar-refractivity contribution in [2.75, 3.05) is 40.3 Å². The normalized spacial score (nSPS) is 31.9. The summed E-state index contributed by atoms with van der Waals surface area (Å²) >= 11 is 0. The van der Waals surface area contributed by atoms with Crippen molar-refractivity contribution in [3.8, 4) is 0 Å². The van der Waals surface area contributed by atoms with Crippen LogP contribution in [-0.4, -0.2) is 84.6 Å². The lowest BCUT2D eigenvalue weighted by Crippen LogP contribution is -2.49. The summed E-state index contributed by atoms with van der Waals surface area (Å²) in [6.07, 6.45) is 1.08. The van der Waals surface area contributed by atoms with Crippen LogP contribution in [0.15, 0.2) is 0 Å². The summed E-state index contributed by atoms with van der Waals surface area (Å²) in [5, 5.41) is 18.3. The number of nitrogens with zero attached hydrogens (tertiary/aromatic N) is 2. The van der Waals surface area contributed by atoms with E-state index in [1.165, 1.54) is 0 Å². The van der Waals surface area contributed by atoms with Crippen LogP contribution in [-0.2, 0) is 0 Å². The molecule has 0 bridgehead atoms. The number of likely N-dealkylation sites (N-methyl/N-ethyl adjacent to an activating group) is 2. The number of likely N-dealkylation sites (tertiary alicyclic amines) is 2. The van der Waals surface area contributed by atoms with Gasteiger partial charge in [-0.05, 0) is 26.9 Å². The summed E-state index contributed by atoms with van der Waals surface area (Å²) in [5.74, 6) is 0. The average Bonchev–Trinajstić information content (AvgIpc) is 2.30. The van der Waals surface area contributed by atoms with Crippen molar-refractivity contribution in [3.63, 3.8) is 0 Å². The Balaban J connectivity index is -0.000000125. The number of rotatable bonds is 0. The number of halogens is 4. The van der Waals surface area contributed by atoms with Gasteiger partial charge in [0.15, 0.2) is 0 Å². The van der Waals surface area contributed by atoms with E-state index >= 15 is 0 Å². The van der Waals surface area contributed by atoms with Crippen molar-refractivity contribution in [3.05, 3.63) is 0 Å². The quantitative estimate of drug-likeness (QED) is 0.442. The highest BCUT2D eigenvalue weighted by Gasteiger charge is 2.22. The van der Waals surface area contributed by atoms with Gasteiger partial charge in [0.25, 0.3) is 0 Å². The average molecular weight is 406 g/mol. The van der Waals surface area contributed by atoms with E-state index in [9.17, 15) is 0 Å². The molecule has 2 fully saturated rings. The predicted octanol–water partition coefficient (Wildman–Crippen LogP) is -0.293. The molecule has 10 heteroatoms. The van der Waals surface area contributed by atoms with Gasteiger partial charge in [0.2, 0.25) is 0 Å². The Morgan fingerprint density at radius 3 is 1.18 bits per heavy atom. The van der Waals surface area contributed by atoms with Gasteiger partial charge in [-0.15, -0.1) is 49.6 Å². The van der Waals surface area contributed by atoms with E-state index in [1.807, 2.05) is 14.1 Å². The third-order valence-corrected chi connectivity index (χ3v) is 3.65. The van der Waals surface area contributed by atoms with Gasteiger partial charge in [-0.1, -0.05) is 0 Å². The minimum atomic E-state index is -0.277. The van der Waals surface area contributed by atoms with Crippen molar-refractivity contribution in [2.24, 2.45) is 11.5 Å². The highest BCUT2D eigenvalue weighted by Crippen LogP contribution is 2.06. The van der Waals surface area contributed by atoms with Crippen molar-refractivity contribution in [1.29, 1.82) is 0 Å². The number of hydrogen-bond donors (Lipinski definition) is 4. The minimum absolute atomic E-state index is 0. The van der Waals surface area contributed by atoms with Gasteiger partial charge in [0.1, 0.15) is 0 Å². The third kappa shape index (κ3) is 11.5. The first-order valence-electron chi connectivity index (χ1n) is 6.64. The molecular formula is C12H32Cl4N4O2. The first-order chi connectivity index (χ1) is 8.40. The lowest BCUT2D eigenvalue weighted by atomic mass is 10.0. The maximum absolute atomic E-state index is 9.14. The molecule has 2 saturated heterocycles. The van der Waals surface area contributed by atoms with Gasteiger partial charge < -0.3 is 31.5 Å². The zero-order valence-electron chi connectivity index (χ0n) is 13.1. The monoisotopic (exact) mass is 404 g/mol. The Morgan fingerprint density at radius 2 is 1.00 bits per heavy atom. The second kappa shape index (κ2) is 15.4. The molecule has 0 aromatic heterocycles. The molecule has 22 heavy (non-hydrogen) atoms. The van der Waals surface area contributed by atoms with Crippen LogP contribution in [0.25, 0.3) is 0 Å². The van der Waals surface area contributed by atoms with Crippen LogP contribution in [0.5, 0.6) is 0 Å². The Kier molecular flexibility index (Phi) is 21.6. The molecule has 0 aromatic rings. The fraction of sp³-hybridized carbons (Fsp3) is 1.00. The summed E-state index contributed by atoms with van der Waals surface area (Å²) < 4.78 is 0. The molecule has 2 aliphatic rings. The molecule has 140 valence electrons. The van der Waals surface area contributed by atoms with Crippen molar-refractivity contribution < 1.29 is 10.2 Å². The zero-order chi connectivity index (χ0) is 13.7. The molecule has 6 N–H and O–H groups in total. The van der Waals surface area contributed by atoms with Gasteiger partial charge in [0, 0.05) is 38.3 Å². The number of nitrogens with two attached hydrogens (primary N) is 2. The fourth-order valence-electron chi connectivity index (χ4n) is 2.28. The molecule has 0 saturated carbocycles. The molecular weight excluding hydrogens is 374 g/mol. The van der Waals surface area contributed by atoms with Gasteiger partial charge in [0.05, 0.1) is 12.2 Å². The summed E-state index contributed by atoms with van der Waals surface area (Å²) in [4.78, 5) is 4.27. The van der Waals surface area contributed by atoms with Crippen LogP contribution in [0.2, 0.25) is 0 Å². The standard InChI is InChI=1S/2C6H14N2O.4ClH/c2*1-8-3-2-6(9)5(7)4-8;;;;/h2*5-6,9H,2-4,7H2,1H3;4*1H/t2*5-,6-;;;;/m10..../s1. The molecule has 0 amide bonds. The molecule has 0 aliphatic carbocycles. The van der Waals surface area contributed by atoms with E-state index in [1.54, 1.807) is 0 Å². The van der Waals surface area contributed by atoms with Crippen LogP contribution in [0, 0.1) is 0 Å². The molecule has 6 nitrogen and oxygen atoms in total. The third-order valence-electron chi connectivity index (χ3n) is 3.65. The molecule has 0 radical (unpaired) electrons. The fourth-order valence-corrected chi connectivity index (χ4v) is 2.28. The highest BCUT2D eigenvalue weighted by atomic mass is 35.5. The summed E-state index contributed by atoms with van der Waals surface area (Å²) in [6, 6.07) is -0.0764. The molecule has 0 unspecified atom stereocenters. The van der Waals surface area contributed by atoms with Crippen molar-refractivity contribution in [1.82, 2.24) is 9.80 Å². The first-order valence-corrected chi connectivity index (χ1v) is 6.64. The van der Waals surface area contributed by atoms with E-state index in [0.717, 1.165) is 39.0 Å². The Morgan fingerprint density at radius 1 is 0.727 bits per heavy atom. The number of aliphatic hydroxyl groups is 2. The maximum atomic E-state index is 9.14. The Hall–Kier alpha value is 0.920. The Labute approximate surface area is 158 Å². The van der Waals surface area contributed by atoms with Crippen LogP contribution in [0.3, 0.4) is 0 Å². The second-order valence-electron chi connectivity index (χ2n) is 5.56. The van der Waals surface area contributed by atoms with Crippen LogP contribution in [0.1, 0.15) is 12.8 Å². The Bertz CT molecular complexity index is 233. The van der Waals surface area contributed by atoms with Crippen LogP contribution < -0.4 is 11.5 Å². The topological polar surface area (TPSA) is 99.0 Å². The van der Waals surface area contributed by atoms with E-state index in [4.69, 9.17) is 21.7 Å². The summed E-state index contributed by atoms with van der Waals surface area (Å²) in [7, 11) is 4.04. The lowest BCUT2D eigenvalue weighted by Gasteiger charge is -2.31. The lowest BCUT2D eigenvalue weighted by molar-refractivity contribution is 0.0733. The number of aliphatic hydroxyl groups excluding tert-OH is 2. The molecule has 2 heterocycles. The SMILES string of the molecule is CN1CC[C@@H](O)[C@H](N)C1.CN1CC[C@H](O)[C@@H](N)C1.Cl.Cl.Cl.Cl. The van der Waals surface area contributed by atoms with Crippen molar-refractivity contribution in [2.45, 2.75) is 37.1 Å². The minimum Gasteiger partial charge on any atom is -0.391 e. The van der Waals surface area contributed by atoms with Gasteiger partial charge in [-0.3, -0.25) is 0 Å². The summed E-state index contributed by atoms with van der Waals surface area (Å²) in [5.41, 5.74) is 11.2. The predicted molar refractivity (Wildman–Crippen MR) is 101 cm³/mol. The molecule has 2 rings (SSSR count). The number of piperidine rings is 2. The van der Waals surface area contributed by atoms with Crippen LogP contribution in [0.4, 0.5) is 0 Å². The van der Waals surface area contributed by atoms with E-state index in [0.29, 0.717) is 0 Å². The van der Waals surface area contributed by atoms with Gasteiger partial charge in [-0.2, -0.15) is 0 Å². The van der Waals surface area contributed by atoms with Gasteiger partial charge >= 0.3 is 0 Å².